The second-order valence-electron chi connectivity index (χ2n) is 6.55. The number of aryl methyl sites for hydroxylation is 1. The van der Waals surface area contributed by atoms with E-state index in [2.05, 4.69) is 15.3 Å². The molecular formula is C20H17N5O4S. The van der Waals surface area contributed by atoms with Gasteiger partial charge in [-0.15, -0.1) is 11.3 Å². The van der Waals surface area contributed by atoms with Crippen molar-refractivity contribution in [1.29, 1.82) is 0 Å². The van der Waals surface area contributed by atoms with Gasteiger partial charge in [0.05, 0.1) is 17.2 Å². The van der Waals surface area contributed by atoms with Crippen LogP contribution in [0, 0.1) is 6.92 Å². The van der Waals surface area contributed by atoms with Crippen molar-refractivity contribution >= 4 is 39.2 Å². The Balaban J connectivity index is 1.64. The van der Waals surface area contributed by atoms with Crippen LogP contribution in [0.5, 0.6) is 0 Å². The molecule has 4 aromatic heterocycles. The molecule has 30 heavy (non-hydrogen) atoms. The summed E-state index contributed by atoms with van der Waals surface area (Å²) in [7, 11) is 0. The summed E-state index contributed by atoms with van der Waals surface area (Å²) in [6.45, 7) is 1.73. The summed E-state index contributed by atoms with van der Waals surface area (Å²) in [6, 6.07) is 5.93. The molecule has 0 aliphatic heterocycles. The standard InChI is InChI=1S/C20H17N5O4S/c1-11-23-9-14(25(11)16-4-2-3-6-22-16)20(28)24-13(17(26)19(21)27)8-12-10-29-15-5-7-30-18(12)15/h2-7,9-10,13H,8H2,1H3,(H2,21,27)(H,24,28). The average molecular weight is 423 g/mol. The first-order chi connectivity index (χ1) is 14.5. The monoisotopic (exact) mass is 423 g/mol. The van der Waals surface area contributed by atoms with Crippen molar-refractivity contribution in [1.82, 2.24) is 19.9 Å². The molecule has 0 aromatic carbocycles. The highest BCUT2D eigenvalue weighted by Gasteiger charge is 2.29. The number of imidazole rings is 1. The molecule has 1 unspecified atom stereocenters. The largest absolute Gasteiger partial charge is 0.463 e. The number of nitrogens with two attached hydrogens (primary N) is 1. The van der Waals surface area contributed by atoms with Crippen LogP contribution in [-0.2, 0) is 16.0 Å². The molecule has 4 aromatic rings. The zero-order valence-corrected chi connectivity index (χ0v) is 16.7. The number of carbonyl (C=O) groups excluding carboxylic acids is 3. The van der Waals surface area contributed by atoms with E-state index in [1.54, 1.807) is 42.0 Å². The Morgan fingerprint density at radius 2 is 2.10 bits per heavy atom. The Morgan fingerprint density at radius 1 is 1.27 bits per heavy atom. The lowest BCUT2D eigenvalue weighted by Gasteiger charge is -2.16. The van der Waals surface area contributed by atoms with Crippen molar-refractivity contribution in [2.24, 2.45) is 5.73 Å². The number of Topliss-reactive ketones (excluding diaryl/α,β-unsaturated/α-hetero) is 1. The summed E-state index contributed by atoms with van der Waals surface area (Å²) < 4.78 is 7.86. The van der Waals surface area contributed by atoms with Crippen molar-refractivity contribution in [3.8, 4) is 5.82 Å². The number of aromatic nitrogens is 3. The molecule has 2 amide bonds. The molecule has 1 atom stereocenters. The van der Waals surface area contributed by atoms with Gasteiger partial charge < -0.3 is 15.5 Å². The van der Waals surface area contributed by atoms with Gasteiger partial charge >= 0.3 is 0 Å². The number of hydrogen-bond donors (Lipinski definition) is 2. The molecule has 0 aliphatic carbocycles. The summed E-state index contributed by atoms with van der Waals surface area (Å²) >= 11 is 1.44. The lowest BCUT2D eigenvalue weighted by Crippen LogP contribution is -2.47. The van der Waals surface area contributed by atoms with Crippen LogP contribution in [0.4, 0.5) is 0 Å². The SMILES string of the molecule is Cc1ncc(C(=O)NC(Cc2coc3ccsc23)C(=O)C(N)=O)n1-c1ccccn1. The minimum Gasteiger partial charge on any atom is -0.463 e. The van der Waals surface area contributed by atoms with Crippen LogP contribution in [-0.4, -0.2) is 38.2 Å². The molecule has 0 aliphatic rings. The minimum atomic E-state index is -1.15. The number of fused-ring (bicyclic) bond motifs is 1. The maximum atomic E-state index is 13.0. The number of thiophene rings is 1. The second kappa shape index (κ2) is 7.91. The van der Waals surface area contributed by atoms with E-state index in [0.717, 1.165) is 4.70 Å². The zero-order chi connectivity index (χ0) is 21.3. The topological polar surface area (TPSA) is 133 Å². The molecule has 10 heteroatoms. The maximum Gasteiger partial charge on any atom is 0.287 e. The van der Waals surface area contributed by atoms with E-state index in [1.165, 1.54) is 23.8 Å². The van der Waals surface area contributed by atoms with Gasteiger partial charge in [-0.2, -0.15) is 0 Å². The van der Waals surface area contributed by atoms with Crippen molar-refractivity contribution < 1.29 is 18.8 Å². The normalized spacial score (nSPS) is 12.0. The number of pyridine rings is 1. The quantitative estimate of drug-likeness (QED) is 0.435. The van der Waals surface area contributed by atoms with Crippen LogP contribution in [0.3, 0.4) is 0 Å². The van der Waals surface area contributed by atoms with Gasteiger partial charge in [-0.1, -0.05) is 6.07 Å². The Hall–Kier alpha value is -3.79. The number of hydrogen-bond acceptors (Lipinski definition) is 7. The molecule has 0 bridgehead atoms. The molecular weight excluding hydrogens is 406 g/mol. The fourth-order valence-electron chi connectivity index (χ4n) is 3.17. The molecule has 152 valence electrons. The van der Waals surface area contributed by atoms with Crippen LogP contribution in [0.1, 0.15) is 21.9 Å². The first-order valence-electron chi connectivity index (χ1n) is 8.99. The van der Waals surface area contributed by atoms with Crippen LogP contribution in [0.2, 0.25) is 0 Å². The van der Waals surface area contributed by atoms with Gasteiger partial charge in [0.25, 0.3) is 11.8 Å². The van der Waals surface area contributed by atoms with Gasteiger partial charge in [0, 0.05) is 18.2 Å². The molecule has 0 radical (unpaired) electrons. The van der Waals surface area contributed by atoms with Gasteiger partial charge in [-0.3, -0.25) is 19.0 Å². The number of furan rings is 1. The highest BCUT2D eigenvalue weighted by Crippen LogP contribution is 2.27. The number of amides is 2. The van der Waals surface area contributed by atoms with Crippen LogP contribution < -0.4 is 11.1 Å². The van der Waals surface area contributed by atoms with Gasteiger partial charge in [0.15, 0.2) is 0 Å². The van der Waals surface area contributed by atoms with Crippen molar-refractivity contribution in [3.63, 3.8) is 0 Å². The van der Waals surface area contributed by atoms with E-state index in [4.69, 9.17) is 10.2 Å². The molecule has 4 heterocycles. The Labute approximate surface area is 174 Å². The van der Waals surface area contributed by atoms with Crippen LogP contribution >= 0.6 is 11.3 Å². The van der Waals surface area contributed by atoms with Crippen molar-refractivity contribution in [3.05, 3.63) is 65.4 Å². The van der Waals surface area contributed by atoms with E-state index in [-0.39, 0.29) is 12.1 Å². The van der Waals surface area contributed by atoms with Crippen LogP contribution in [0.25, 0.3) is 16.1 Å². The Morgan fingerprint density at radius 3 is 2.83 bits per heavy atom. The maximum absolute atomic E-state index is 13.0. The number of ketones is 1. The molecule has 9 nitrogen and oxygen atoms in total. The highest BCUT2D eigenvalue weighted by atomic mass is 32.1. The summed E-state index contributed by atoms with van der Waals surface area (Å²) in [4.78, 5) is 45.4. The number of rotatable bonds is 7. The molecule has 4 rings (SSSR count). The van der Waals surface area contributed by atoms with Gasteiger partial charge in [-0.25, -0.2) is 9.97 Å². The number of primary amides is 1. The van der Waals surface area contributed by atoms with Gasteiger partial charge in [-0.05, 0) is 30.5 Å². The molecule has 0 spiro atoms. The third-order valence-electron chi connectivity index (χ3n) is 4.59. The predicted octanol–water partition coefficient (Wildman–Crippen LogP) is 1.78. The predicted molar refractivity (Wildman–Crippen MR) is 109 cm³/mol. The first-order valence-corrected chi connectivity index (χ1v) is 9.87. The number of nitrogens with one attached hydrogen (secondary N) is 1. The third-order valence-corrected chi connectivity index (χ3v) is 5.56. The average Bonchev–Trinajstić information content (AvgIpc) is 3.44. The van der Waals surface area contributed by atoms with E-state index in [9.17, 15) is 14.4 Å². The second-order valence-corrected chi connectivity index (χ2v) is 7.46. The molecule has 3 N–H and O–H groups in total. The van der Waals surface area contributed by atoms with E-state index >= 15 is 0 Å². The van der Waals surface area contributed by atoms with E-state index in [0.29, 0.717) is 22.8 Å². The van der Waals surface area contributed by atoms with E-state index < -0.39 is 23.6 Å². The Kier molecular flexibility index (Phi) is 5.15. The minimum absolute atomic E-state index is 0.0672. The van der Waals surface area contributed by atoms with Crippen molar-refractivity contribution in [2.75, 3.05) is 0 Å². The van der Waals surface area contributed by atoms with Gasteiger partial charge in [0.2, 0.25) is 5.78 Å². The van der Waals surface area contributed by atoms with E-state index in [1.807, 2.05) is 5.38 Å². The first kappa shape index (κ1) is 19.5. The number of nitrogens with zero attached hydrogens (tertiary/aromatic N) is 3. The summed E-state index contributed by atoms with van der Waals surface area (Å²) in [6.07, 6.45) is 4.57. The van der Waals surface area contributed by atoms with Crippen LogP contribution in [0.15, 0.2) is 52.7 Å². The fourth-order valence-corrected chi connectivity index (χ4v) is 4.01. The summed E-state index contributed by atoms with van der Waals surface area (Å²) in [5.41, 5.74) is 6.77. The molecule has 0 saturated heterocycles. The summed E-state index contributed by atoms with van der Waals surface area (Å²) in [5, 5.41) is 4.47. The lowest BCUT2D eigenvalue weighted by atomic mass is 10.0. The third kappa shape index (κ3) is 3.60. The molecule has 0 fully saturated rings. The van der Waals surface area contributed by atoms with Gasteiger partial charge in [0.1, 0.15) is 29.0 Å². The summed E-state index contributed by atoms with van der Waals surface area (Å²) in [5.74, 6) is -1.54. The smallest absolute Gasteiger partial charge is 0.287 e. The number of carbonyl (C=O) groups is 3. The fraction of sp³-hybridized carbons (Fsp3) is 0.150. The lowest BCUT2D eigenvalue weighted by molar-refractivity contribution is -0.137. The molecule has 0 saturated carbocycles. The highest BCUT2D eigenvalue weighted by molar-refractivity contribution is 7.17. The zero-order valence-electron chi connectivity index (χ0n) is 15.9. The Bertz CT molecular complexity index is 1240. The van der Waals surface area contributed by atoms with Crippen molar-refractivity contribution in [2.45, 2.75) is 19.4 Å².